The number of nitrogens with zero attached hydrogens (tertiary/aromatic N) is 1. The summed E-state index contributed by atoms with van der Waals surface area (Å²) in [6.45, 7) is 2.96. The first kappa shape index (κ1) is 18.5. The molecule has 0 bridgehead atoms. The number of hydrogen-bond donors (Lipinski definition) is 0. The van der Waals surface area contributed by atoms with E-state index < -0.39 is 12.1 Å². The summed E-state index contributed by atoms with van der Waals surface area (Å²) in [4.78, 5) is 15.3. The molecule has 26 heavy (non-hydrogen) atoms. The quantitative estimate of drug-likeness (QED) is 0.458. The Hall–Kier alpha value is -2.28. The zero-order valence-corrected chi connectivity index (χ0v) is 15.4. The normalized spacial score (nSPS) is 15.3. The summed E-state index contributed by atoms with van der Waals surface area (Å²) in [7, 11) is 1.49. The van der Waals surface area contributed by atoms with E-state index in [-0.39, 0.29) is 0 Å². The fraction of sp³-hybridized carbons (Fsp3) is 0.300. The van der Waals surface area contributed by atoms with Gasteiger partial charge in [-0.15, -0.1) is 0 Å². The van der Waals surface area contributed by atoms with Gasteiger partial charge in [-0.1, -0.05) is 42.5 Å². The summed E-state index contributed by atoms with van der Waals surface area (Å²) in [5.41, 5.74) is 1.68. The number of morpholine rings is 1. The lowest BCUT2D eigenvalue weighted by molar-refractivity contribution is -0.146. The number of methoxy groups -OCH3 is 1. The number of carbonyl (C=O) groups excluding carboxylic acids is 1. The highest BCUT2D eigenvalue weighted by Gasteiger charge is 2.22. The van der Waals surface area contributed by atoms with Crippen LogP contribution in [0.4, 0.5) is 0 Å². The molecule has 0 spiro atoms. The van der Waals surface area contributed by atoms with Crippen LogP contribution in [0.15, 0.2) is 54.6 Å². The molecule has 5 nitrogen and oxygen atoms in total. The molecular weight excluding hydrogens is 350 g/mol. The zero-order valence-electron chi connectivity index (χ0n) is 14.6. The third-order valence-corrected chi connectivity index (χ3v) is 4.66. The fourth-order valence-corrected chi connectivity index (χ4v) is 3.10. The van der Waals surface area contributed by atoms with E-state index in [1.807, 2.05) is 42.5 Å². The highest BCUT2D eigenvalue weighted by molar-refractivity contribution is 7.80. The minimum Gasteiger partial charge on any atom is -0.424 e. The van der Waals surface area contributed by atoms with Crippen molar-refractivity contribution >= 4 is 23.2 Å². The Bertz CT molecular complexity index is 742. The van der Waals surface area contributed by atoms with Gasteiger partial charge >= 0.3 is 5.97 Å². The Morgan fingerprint density at radius 2 is 1.73 bits per heavy atom. The smallest absolute Gasteiger partial charge is 0.345 e. The maximum atomic E-state index is 12.4. The predicted molar refractivity (Wildman–Crippen MR) is 102 cm³/mol. The predicted octanol–water partition coefficient (Wildman–Crippen LogP) is 2.99. The van der Waals surface area contributed by atoms with Gasteiger partial charge in [0.2, 0.25) is 0 Å². The van der Waals surface area contributed by atoms with E-state index in [1.54, 1.807) is 12.1 Å². The van der Waals surface area contributed by atoms with Crippen molar-refractivity contribution in [2.24, 2.45) is 0 Å². The van der Waals surface area contributed by atoms with Gasteiger partial charge in [0.15, 0.2) is 6.10 Å². The second kappa shape index (κ2) is 8.89. The van der Waals surface area contributed by atoms with Gasteiger partial charge in [-0.05, 0) is 29.8 Å². The van der Waals surface area contributed by atoms with Crippen LogP contribution in [0.25, 0.3) is 0 Å². The van der Waals surface area contributed by atoms with Gasteiger partial charge in [-0.2, -0.15) is 0 Å². The van der Waals surface area contributed by atoms with E-state index in [9.17, 15) is 4.79 Å². The summed E-state index contributed by atoms with van der Waals surface area (Å²) in [5.74, 6) is 0.00344. The van der Waals surface area contributed by atoms with E-state index >= 15 is 0 Å². The van der Waals surface area contributed by atoms with Crippen molar-refractivity contribution in [1.29, 1.82) is 0 Å². The molecule has 0 saturated carbocycles. The molecule has 0 radical (unpaired) electrons. The highest BCUT2D eigenvalue weighted by Crippen LogP contribution is 2.21. The van der Waals surface area contributed by atoms with Crippen LogP contribution in [0.1, 0.15) is 17.2 Å². The second-order valence-electron chi connectivity index (χ2n) is 5.88. The molecule has 1 saturated heterocycles. The minimum absolute atomic E-state index is 0.456. The van der Waals surface area contributed by atoms with Crippen molar-refractivity contribution in [2.45, 2.75) is 6.10 Å². The standard InChI is InChI=1S/C20H21NO4S/c1-23-18(15-5-3-2-4-6-15)20(22)25-17-9-7-16(8-10-17)19(26)21-11-13-24-14-12-21/h2-10,18H,11-14H2,1H3/t18-/m0/s1. The second-order valence-corrected chi connectivity index (χ2v) is 6.26. The zero-order chi connectivity index (χ0) is 18.4. The van der Waals surface area contributed by atoms with Crippen LogP contribution in [0.2, 0.25) is 0 Å². The van der Waals surface area contributed by atoms with Gasteiger partial charge in [0, 0.05) is 25.8 Å². The molecule has 136 valence electrons. The number of hydrogen-bond acceptors (Lipinski definition) is 5. The minimum atomic E-state index is -0.759. The first-order valence-electron chi connectivity index (χ1n) is 8.45. The molecule has 1 aliphatic rings. The average Bonchev–Trinajstić information content (AvgIpc) is 2.70. The fourth-order valence-electron chi connectivity index (χ4n) is 2.78. The number of ether oxygens (including phenoxy) is 3. The van der Waals surface area contributed by atoms with Crippen molar-refractivity contribution in [1.82, 2.24) is 4.90 Å². The van der Waals surface area contributed by atoms with Gasteiger partial charge in [0.05, 0.1) is 13.2 Å². The van der Waals surface area contributed by atoms with Crippen LogP contribution in [-0.2, 0) is 14.3 Å². The summed E-state index contributed by atoms with van der Waals surface area (Å²) in [6.07, 6.45) is -0.759. The van der Waals surface area contributed by atoms with Crippen LogP contribution in [0.5, 0.6) is 5.75 Å². The third kappa shape index (κ3) is 4.46. The van der Waals surface area contributed by atoms with E-state index in [0.29, 0.717) is 19.0 Å². The lowest BCUT2D eigenvalue weighted by Gasteiger charge is -2.29. The highest BCUT2D eigenvalue weighted by atomic mass is 32.1. The number of rotatable bonds is 5. The average molecular weight is 371 g/mol. The third-order valence-electron chi connectivity index (χ3n) is 4.17. The van der Waals surface area contributed by atoms with Gasteiger partial charge in [-0.25, -0.2) is 4.79 Å². The van der Waals surface area contributed by atoms with Crippen LogP contribution in [-0.4, -0.2) is 49.3 Å². The summed E-state index contributed by atoms with van der Waals surface area (Å²) >= 11 is 5.54. The molecule has 0 amide bonds. The van der Waals surface area contributed by atoms with Crippen molar-refractivity contribution in [2.75, 3.05) is 33.4 Å². The van der Waals surface area contributed by atoms with Crippen molar-refractivity contribution in [3.63, 3.8) is 0 Å². The Kier molecular flexibility index (Phi) is 6.33. The molecule has 2 aromatic rings. The number of carbonyl (C=O) groups is 1. The Morgan fingerprint density at radius 3 is 2.35 bits per heavy atom. The molecule has 1 fully saturated rings. The number of thiocarbonyl (C=S) groups is 1. The number of benzene rings is 2. The maximum absolute atomic E-state index is 12.4. The molecule has 1 heterocycles. The molecule has 1 atom stereocenters. The Balaban J connectivity index is 1.65. The van der Waals surface area contributed by atoms with Gasteiger partial charge in [-0.3, -0.25) is 0 Å². The number of esters is 1. The van der Waals surface area contributed by atoms with Crippen LogP contribution in [0.3, 0.4) is 0 Å². The Labute approximate surface area is 158 Å². The molecule has 2 aromatic carbocycles. The van der Waals surface area contributed by atoms with E-state index in [4.69, 9.17) is 26.4 Å². The molecule has 6 heteroatoms. The van der Waals surface area contributed by atoms with Gasteiger partial charge in [0.25, 0.3) is 0 Å². The topological polar surface area (TPSA) is 48.0 Å². The lowest BCUT2D eigenvalue weighted by atomic mass is 10.1. The lowest BCUT2D eigenvalue weighted by Crippen LogP contribution is -2.40. The van der Waals surface area contributed by atoms with Gasteiger partial charge < -0.3 is 19.1 Å². The SMILES string of the molecule is CO[C@H](C(=O)Oc1ccc(C(=S)N2CCOCC2)cc1)c1ccccc1. The molecule has 0 unspecified atom stereocenters. The first-order valence-corrected chi connectivity index (χ1v) is 8.86. The van der Waals surface area contributed by atoms with Crippen LogP contribution in [0, 0.1) is 0 Å². The molecule has 0 N–H and O–H groups in total. The van der Waals surface area contributed by atoms with E-state index in [1.165, 1.54) is 7.11 Å². The van der Waals surface area contributed by atoms with E-state index in [2.05, 4.69) is 4.90 Å². The first-order chi connectivity index (χ1) is 12.7. The van der Waals surface area contributed by atoms with Crippen LogP contribution < -0.4 is 4.74 Å². The summed E-state index contributed by atoms with van der Waals surface area (Å²) in [6, 6.07) is 16.5. The van der Waals surface area contributed by atoms with Crippen molar-refractivity contribution in [3.8, 4) is 5.75 Å². The van der Waals surface area contributed by atoms with Crippen molar-refractivity contribution < 1.29 is 19.0 Å². The summed E-state index contributed by atoms with van der Waals surface area (Å²) < 4.78 is 16.1. The largest absolute Gasteiger partial charge is 0.424 e. The Morgan fingerprint density at radius 1 is 1.08 bits per heavy atom. The molecule has 1 aliphatic heterocycles. The summed E-state index contributed by atoms with van der Waals surface area (Å²) in [5, 5.41) is 0. The molecule has 3 rings (SSSR count). The molecule has 0 aromatic heterocycles. The maximum Gasteiger partial charge on any atom is 0.345 e. The molecule has 0 aliphatic carbocycles. The molecular formula is C20H21NO4S. The van der Waals surface area contributed by atoms with Gasteiger partial charge in [0.1, 0.15) is 10.7 Å². The van der Waals surface area contributed by atoms with Crippen LogP contribution >= 0.6 is 12.2 Å². The monoisotopic (exact) mass is 371 g/mol. The van der Waals surface area contributed by atoms with E-state index in [0.717, 1.165) is 29.2 Å². The van der Waals surface area contributed by atoms with Crippen molar-refractivity contribution in [3.05, 3.63) is 65.7 Å².